The van der Waals surface area contributed by atoms with Gasteiger partial charge in [0.1, 0.15) is 11.5 Å². The minimum absolute atomic E-state index is 0.133. The topological polar surface area (TPSA) is 80.0 Å². The van der Waals surface area contributed by atoms with Crippen LogP contribution in [-0.2, 0) is 6.54 Å². The molecule has 19 heavy (non-hydrogen) atoms. The molecule has 0 bridgehead atoms. The van der Waals surface area contributed by atoms with E-state index in [2.05, 4.69) is 25.9 Å². The molecule has 0 spiro atoms. The van der Waals surface area contributed by atoms with Gasteiger partial charge in [-0.3, -0.25) is 0 Å². The zero-order valence-electron chi connectivity index (χ0n) is 10.7. The summed E-state index contributed by atoms with van der Waals surface area (Å²) in [6.45, 7) is 3.96. The van der Waals surface area contributed by atoms with E-state index in [1.54, 1.807) is 17.0 Å². The summed E-state index contributed by atoms with van der Waals surface area (Å²) in [5.41, 5.74) is 11.3. The SMILES string of the molecule is CC1(C)N=C(N)N=C(N)N1Cc1cc(Br)ccc1F. The Morgan fingerprint density at radius 3 is 2.68 bits per heavy atom. The van der Waals surface area contributed by atoms with E-state index in [-0.39, 0.29) is 24.3 Å². The monoisotopic (exact) mass is 327 g/mol. The predicted octanol–water partition coefficient (Wildman–Crippen LogP) is 1.77. The highest BCUT2D eigenvalue weighted by molar-refractivity contribution is 9.10. The summed E-state index contributed by atoms with van der Waals surface area (Å²) in [5.74, 6) is 0.0691. The molecule has 0 aliphatic carbocycles. The smallest absolute Gasteiger partial charge is 0.220 e. The second-order valence-corrected chi connectivity index (χ2v) is 5.67. The van der Waals surface area contributed by atoms with Crippen molar-refractivity contribution in [3.63, 3.8) is 0 Å². The van der Waals surface area contributed by atoms with Gasteiger partial charge < -0.3 is 16.4 Å². The molecule has 2 rings (SSSR count). The Morgan fingerprint density at radius 2 is 2.05 bits per heavy atom. The number of benzene rings is 1. The van der Waals surface area contributed by atoms with Gasteiger partial charge in [0, 0.05) is 10.0 Å². The Bertz CT molecular complexity index is 567. The van der Waals surface area contributed by atoms with Gasteiger partial charge in [0.15, 0.2) is 0 Å². The average Bonchev–Trinajstić information content (AvgIpc) is 2.27. The molecule has 4 N–H and O–H groups in total. The molecule has 0 atom stereocenters. The summed E-state index contributed by atoms with van der Waals surface area (Å²) in [5, 5.41) is 0. The Balaban J connectivity index is 2.33. The van der Waals surface area contributed by atoms with Crippen LogP contribution in [0.25, 0.3) is 0 Å². The van der Waals surface area contributed by atoms with E-state index >= 15 is 0 Å². The lowest BCUT2D eigenvalue weighted by Gasteiger charge is -2.38. The molecule has 0 unspecified atom stereocenters. The molecular formula is C12H15BrFN5. The van der Waals surface area contributed by atoms with Crippen LogP contribution in [0.15, 0.2) is 32.7 Å². The van der Waals surface area contributed by atoms with Crippen LogP contribution in [0.1, 0.15) is 19.4 Å². The van der Waals surface area contributed by atoms with E-state index in [1.807, 2.05) is 13.8 Å². The van der Waals surface area contributed by atoms with Gasteiger partial charge in [-0.1, -0.05) is 15.9 Å². The first kappa shape index (κ1) is 13.8. The van der Waals surface area contributed by atoms with Crippen molar-refractivity contribution >= 4 is 27.8 Å². The van der Waals surface area contributed by atoms with Crippen molar-refractivity contribution < 1.29 is 4.39 Å². The lowest BCUT2D eigenvalue weighted by Crippen LogP contribution is -2.53. The average molecular weight is 328 g/mol. The molecule has 0 fully saturated rings. The molecule has 5 nitrogen and oxygen atoms in total. The Kier molecular flexibility index (Phi) is 3.49. The maximum Gasteiger partial charge on any atom is 0.220 e. The highest BCUT2D eigenvalue weighted by Gasteiger charge is 2.32. The number of halogens is 2. The van der Waals surface area contributed by atoms with Crippen molar-refractivity contribution in [2.45, 2.75) is 26.1 Å². The molecule has 7 heteroatoms. The molecule has 1 aromatic carbocycles. The highest BCUT2D eigenvalue weighted by atomic mass is 79.9. The van der Waals surface area contributed by atoms with E-state index < -0.39 is 5.66 Å². The molecular weight excluding hydrogens is 313 g/mol. The van der Waals surface area contributed by atoms with Crippen LogP contribution >= 0.6 is 15.9 Å². The molecule has 0 radical (unpaired) electrons. The van der Waals surface area contributed by atoms with Gasteiger partial charge in [0.25, 0.3) is 0 Å². The van der Waals surface area contributed by atoms with Crippen LogP contribution in [0, 0.1) is 5.82 Å². The van der Waals surface area contributed by atoms with Gasteiger partial charge in [-0.25, -0.2) is 9.38 Å². The van der Waals surface area contributed by atoms with Crippen LogP contribution in [0.2, 0.25) is 0 Å². The second-order valence-electron chi connectivity index (χ2n) is 4.76. The molecule has 0 amide bonds. The number of hydrogen-bond acceptors (Lipinski definition) is 5. The van der Waals surface area contributed by atoms with E-state index in [1.165, 1.54) is 6.07 Å². The summed E-state index contributed by atoms with van der Waals surface area (Å²) >= 11 is 3.32. The highest BCUT2D eigenvalue weighted by Crippen LogP contribution is 2.24. The molecule has 0 saturated carbocycles. The van der Waals surface area contributed by atoms with Gasteiger partial charge in [-0.05, 0) is 32.0 Å². The largest absolute Gasteiger partial charge is 0.369 e. The van der Waals surface area contributed by atoms with Crippen LogP contribution in [0.5, 0.6) is 0 Å². The molecule has 1 aromatic rings. The van der Waals surface area contributed by atoms with Crippen LogP contribution in [0.3, 0.4) is 0 Å². The quantitative estimate of drug-likeness (QED) is 0.868. The summed E-state index contributed by atoms with van der Waals surface area (Å²) in [7, 11) is 0. The maximum absolute atomic E-state index is 13.8. The fourth-order valence-electron chi connectivity index (χ4n) is 1.93. The second kappa shape index (κ2) is 4.80. The molecule has 0 aromatic heterocycles. The fourth-order valence-corrected chi connectivity index (χ4v) is 2.34. The van der Waals surface area contributed by atoms with Gasteiger partial charge in [-0.2, -0.15) is 4.99 Å². The first-order valence-electron chi connectivity index (χ1n) is 5.70. The summed E-state index contributed by atoms with van der Waals surface area (Å²) < 4.78 is 14.6. The first-order valence-corrected chi connectivity index (χ1v) is 6.50. The third kappa shape index (κ3) is 2.86. The lowest BCUT2D eigenvalue weighted by atomic mass is 10.1. The predicted molar refractivity (Wildman–Crippen MR) is 77.0 cm³/mol. The number of nitrogens with two attached hydrogens (primary N) is 2. The minimum atomic E-state index is -0.662. The van der Waals surface area contributed by atoms with Gasteiger partial charge in [0.2, 0.25) is 11.9 Å². The van der Waals surface area contributed by atoms with E-state index in [0.717, 1.165) is 4.47 Å². The van der Waals surface area contributed by atoms with Crippen molar-refractivity contribution in [1.29, 1.82) is 0 Å². The fraction of sp³-hybridized carbons (Fsp3) is 0.333. The standard InChI is InChI=1S/C12H15BrFN5/c1-12(2)18-10(15)17-11(16)19(12)6-7-5-8(13)3-4-9(7)14/h3-5H,6H2,1-2H3,(H4,15,16,17,18). The summed E-state index contributed by atoms with van der Waals surface area (Å²) in [6, 6.07) is 4.76. The number of guanidine groups is 2. The number of nitrogens with zero attached hydrogens (tertiary/aromatic N) is 3. The molecule has 1 aliphatic rings. The Morgan fingerprint density at radius 1 is 1.37 bits per heavy atom. The van der Waals surface area contributed by atoms with Crippen molar-refractivity contribution in [2.75, 3.05) is 0 Å². The molecule has 0 saturated heterocycles. The number of rotatable bonds is 2. The molecule has 102 valence electrons. The van der Waals surface area contributed by atoms with Gasteiger partial charge in [0.05, 0.1) is 6.54 Å². The Labute approximate surface area is 119 Å². The Hall–Kier alpha value is -1.63. The van der Waals surface area contributed by atoms with Crippen molar-refractivity contribution in [3.8, 4) is 0 Å². The molecule has 1 aliphatic heterocycles. The summed E-state index contributed by atoms with van der Waals surface area (Å²) in [6.07, 6.45) is 0. The van der Waals surface area contributed by atoms with Gasteiger partial charge in [-0.15, -0.1) is 0 Å². The van der Waals surface area contributed by atoms with Crippen LogP contribution in [-0.4, -0.2) is 22.5 Å². The summed E-state index contributed by atoms with van der Waals surface area (Å²) in [4.78, 5) is 9.84. The maximum atomic E-state index is 13.8. The van der Waals surface area contributed by atoms with Crippen molar-refractivity contribution in [1.82, 2.24) is 4.90 Å². The number of hydrogen-bond donors (Lipinski definition) is 2. The minimum Gasteiger partial charge on any atom is -0.369 e. The third-order valence-corrected chi connectivity index (χ3v) is 3.38. The van der Waals surface area contributed by atoms with E-state index in [4.69, 9.17) is 11.5 Å². The van der Waals surface area contributed by atoms with E-state index in [9.17, 15) is 4.39 Å². The third-order valence-electron chi connectivity index (χ3n) is 2.89. The van der Waals surface area contributed by atoms with Gasteiger partial charge >= 0.3 is 0 Å². The normalized spacial score (nSPS) is 18.0. The number of aliphatic imine (C=N–C) groups is 2. The first-order chi connectivity index (χ1) is 8.79. The van der Waals surface area contributed by atoms with Crippen molar-refractivity contribution in [3.05, 3.63) is 34.1 Å². The molecule has 1 heterocycles. The zero-order chi connectivity index (χ0) is 14.2. The zero-order valence-corrected chi connectivity index (χ0v) is 12.3. The van der Waals surface area contributed by atoms with E-state index in [0.29, 0.717) is 5.56 Å². The van der Waals surface area contributed by atoms with Crippen LogP contribution in [0.4, 0.5) is 4.39 Å². The lowest BCUT2D eigenvalue weighted by molar-refractivity contribution is 0.208. The van der Waals surface area contributed by atoms with Crippen LogP contribution < -0.4 is 11.5 Å². The van der Waals surface area contributed by atoms with Crippen molar-refractivity contribution in [2.24, 2.45) is 21.5 Å².